The Morgan fingerprint density at radius 2 is 1.85 bits per heavy atom. The molecule has 0 unspecified atom stereocenters. The van der Waals surface area contributed by atoms with Crippen molar-refractivity contribution < 1.29 is 0 Å². The van der Waals surface area contributed by atoms with Gasteiger partial charge in [0.25, 0.3) is 0 Å². The van der Waals surface area contributed by atoms with Crippen LogP contribution in [0.1, 0.15) is 20.8 Å². The van der Waals surface area contributed by atoms with Gasteiger partial charge in [-0.15, -0.1) is 0 Å². The summed E-state index contributed by atoms with van der Waals surface area (Å²) < 4.78 is 0. The van der Waals surface area contributed by atoms with Gasteiger partial charge in [-0.05, 0) is 6.08 Å². The van der Waals surface area contributed by atoms with Crippen molar-refractivity contribution in [2.75, 3.05) is 0 Å². The van der Waals surface area contributed by atoms with Crippen LogP contribution in [0.4, 0.5) is 0 Å². The number of azo groups is 1. The van der Waals surface area contributed by atoms with Gasteiger partial charge in [-0.25, -0.2) is 0 Å². The summed E-state index contributed by atoms with van der Waals surface area (Å²) in [6, 6.07) is 0. The van der Waals surface area contributed by atoms with Crippen molar-refractivity contribution in [3.63, 3.8) is 0 Å². The smallest absolute Gasteiger partial charge is 0.143 e. The van der Waals surface area contributed by atoms with Crippen molar-refractivity contribution in [3.05, 3.63) is 36.6 Å². The summed E-state index contributed by atoms with van der Waals surface area (Å²) in [6.07, 6.45) is 3.49. The van der Waals surface area contributed by atoms with Crippen LogP contribution in [0.25, 0.3) is 0 Å². The third-order valence-corrected chi connectivity index (χ3v) is 1.33. The van der Waals surface area contributed by atoms with E-state index in [4.69, 9.17) is 7.85 Å². The fourth-order valence-corrected chi connectivity index (χ4v) is 0.663. The monoisotopic (exact) mass is 174 g/mol. The van der Waals surface area contributed by atoms with Gasteiger partial charge in [0, 0.05) is 11.0 Å². The van der Waals surface area contributed by atoms with Crippen LogP contribution in [-0.4, -0.2) is 7.85 Å². The number of allylic oxidation sites excluding steroid dienone is 3. The van der Waals surface area contributed by atoms with E-state index >= 15 is 0 Å². The second-order valence-corrected chi connectivity index (χ2v) is 3.73. The zero-order valence-corrected chi connectivity index (χ0v) is 8.54. The number of rotatable bonds is 3. The first kappa shape index (κ1) is 11.9. The van der Waals surface area contributed by atoms with Crippen molar-refractivity contribution in [3.8, 4) is 0 Å². The maximum atomic E-state index is 5.27. The second kappa shape index (κ2) is 4.80. The van der Waals surface area contributed by atoms with E-state index in [1.54, 1.807) is 6.08 Å². The molecule has 0 amide bonds. The van der Waals surface area contributed by atoms with E-state index in [2.05, 4.69) is 23.4 Å². The van der Waals surface area contributed by atoms with E-state index in [0.29, 0.717) is 0 Å². The summed E-state index contributed by atoms with van der Waals surface area (Å²) >= 11 is 0. The maximum Gasteiger partial charge on any atom is 0.143 e. The maximum absolute atomic E-state index is 5.27. The largest absolute Gasteiger partial charge is 0.168 e. The topological polar surface area (TPSA) is 24.7 Å². The predicted octanol–water partition coefficient (Wildman–Crippen LogP) is 3.19. The van der Waals surface area contributed by atoms with Crippen molar-refractivity contribution in [1.29, 1.82) is 0 Å². The van der Waals surface area contributed by atoms with Gasteiger partial charge >= 0.3 is 0 Å². The van der Waals surface area contributed by atoms with Crippen molar-refractivity contribution in [1.82, 2.24) is 0 Å². The lowest BCUT2D eigenvalue weighted by atomic mass is 9.92. The first-order chi connectivity index (χ1) is 5.88. The van der Waals surface area contributed by atoms with E-state index in [9.17, 15) is 0 Å². The number of nitrogens with zero attached hydrogens (tertiary/aromatic N) is 2. The third-order valence-electron chi connectivity index (χ3n) is 1.33. The Morgan fingerprint density at radius 3 is 2.15 bits per heavy atom. The molecule has 0 aromatic heterocycles. The highest BCUT2D eigenvalue weighted by molar-refractivity contribution is 6.20. The molecule has 0 bridgehead atoms. The minimum atomic E-state index is -0.0624. The van der Waals surface area contributed by atoms with Crippen molar-refractivity contribution in [2.24, 2.45) is 15.6 Å². The second-order valence-electron chi connectivity index (χ2n) is 3.73. The zero-order chi connectivity index (χ0) is 10.5. The lowest BCUT2D eigenvalue weighted by Crippen LogP contribution is -2.06. The molecule has 68 valence electrons. The highest BCUT2D eigenvalue weighted by Crippen LogP contribution is 2.26. The molecule has 0 atom stereocenters. The molecule has 0 fully saturated rings. The molecule has 0 aromatic rings. The zero-order valence-electron chi connectivity index (χ0n) is 8.54. The number of hydrogen-bond donors (Lipinski definition) is 0. The standard InChI is InChI=1S/C10H15BN2/c1-6-7-9(10(3,4)5)13-12-8(2)11/h6-7H,1-2H2,3-5H3/b9-7-,13-12?. The van der Waals surface area contributed by atoms with Crippen LogP contribution in [0.2, 0.25) is 0 Å². The average Bonchev–Trinajstić information content (AvgIpc) is 1.95. The van der Waals surface area contributed by atoms with E-state index < -0.39 is 0 Å². The average molecular weight is 174 g/mol. The molecule has 0 rings (SSSR count). The highest BCUT2D eigenvalue weighted by Gasteiger charge is 2.15. The SMILES string of the molecule is [B]C(=C)N=N/C(=C\C=C)C(C)(C)C. The molecule has 0 heterocycles. The molecular formula is C10H15BN2. The van der Waals surface area contributed by atoms with E-state index in [-0.39, 0.29) is 11.0 Å². The molecule has 13 heavy (non-hydrogen) atoms. The summed E-state index contributed by atoms with van der Waals surface area (Å²) in [7, 11) is 5.27. The molecule has 0 saturated heterocycles. The fraction of sp³-hybridized carbons (Fsp3) is 0.400. The lowest BCUT2D eigenvalue weighted by Gasteiger charge is -2.17. The van der Waals surface area contributed by atoms with Gasteiger partial charge in [0.1, 0.15) is 7.85 Å². The summed E-state index contributed by atoms with van der Waals surface area (Å²) in [6.45, 7) is 13.2. The normalized spacial score (nSPS) is 13.3. The molecule has 0 aliphatic heterocycles. The minimum absolute atomic E-state index is 0.0624. The van der Waals surface area contributed by atoms with Crippen molar-refractivity contribution in [2.45, 2.75) is 20.8 Å². The van der Waals surface area contributed by atoms with Crippen molar-refractivity contribution >= 4 is 7.85 Å². The van der Waals surface area contributed by atoms with E-state index in [1.807, 2.05) is 26.8 Å². The molecule has 3 heteroatoms. The Bertz CT molecular complexity index is 257. The van der Waals surface area contributed by atoms with Crippen LogP contribution in [0.3, 0.4) is 0 Å². The summed E-state index contributed by atoms with van der Waals surface area (Å²) in [5.41, 5.74) is 0.973. The van der Waals surface area contributed by atoms with Crippen LogP contribution >= 0.6 is 0 Å². The molecule has 2 nitrogen and oxygen atoms in total. The Kier molecular flexibility index (Phi) is 4.39. The molecule has 0 spiro atoms. The van der Waals surface area contributed by atoms with Crippen LogP contribution in [-0.2, 0) is 0 Å². The third kappa shape index (κ3) is 5.18. The lowest BCUT2D eigenvalue weighted by molar-refractivity contribution is 0.492. The van der Waals surface area contributed by atoms with Gasteiger partial charge in [-0.2, -0.15) is 10.2 Å². The fourth-order valence-electron chi connectivity index (χ4n) is 0.663. The van der Waals surface area contributed by atoms with Gasteiger partial charge < -0.3 is 0 Å². The van der Waals surface area contributed by atoms with Crippen LogP contribution in [0, 0.1) is 5.41 Å². The Morgan fingerprint density at radius 1 is 1.31 bits per heavy atom. The molecule has 0 aliphatic carbocycles. The van der Waals surface area contributed by atoms with Crippen LogP contribution in [0.5, 0.6) is 0 Å². The Hall–Kier alpha value is -1.12. The van der Waals surface area contributed by atoms with Gasteiger partial charge in [-0.1, -0.05) is 40.0 Å². The van der Waals surface area contributed by atoms with Gasteiger partial charge in [0.05, 0.1) is 5.70 Å². The number of hydrogen-bond acceptors (Lipinski definition) is 2. The van der Waals surface area contributed by atoms with E-state index in [1.165, 1.54) is 0 Å². The molecule has 0 aromatic carbocycles. The first-order valence-electron chi connectivity index (χ1n) is 4.07. The van der Waals surface area contributed by atoms with Crippen LogP contribution in [0.15, 0.2) is 46.8 Å². The molecule has 0 aliphatic rings. The predicted molar refractivity (Wildman–Crippen MR) is 57.5 cm³/mol. The first-order valence-corrected chi connectivity index (χ1v) is 4.07. The summed E-state index contributed by atoms with van der Waals surface area (Å²) in [5.74, 6) is 0. The Labute approximate surface area is 81.6 Å². The molecule has 2 radical (unpaired) electrons. The highest BCUT2D eigenvalue weighted by atomic mass is 15.1. The molecule has 0 N–H and O–H groups in total. The van der Waals surface area contributed by atoms with Gasteiger partial charge in [0.2, 0.25) is 0 Å². The van der Waals surface area contributed by atoms with Gasteiger partial charge in [0.15, 0.2) is 0 Å². The van der Waals surface area contributed by atoms with Gasteiger partial charge in [-0.3, -0.25) is 0 Å². The summed E-state index contributed by atoms with van der Waals surface area (Å²) in [5, 5.41) is 7.68. The van der Waals surface area contributed by atoms with E-state index in [0.717, 1.165) is 5.70 Å². The molecule has 0 saturated carbocycles. The molecular weight excluding hydrogens is 159 g/mol. The quantitative estimate of drug-likeness (QED) is 0.356. The Balaban J connectivity index is 4.75. The summed E-state index contributed by atoms with van der Waals surface area (Å²) in [4.78, 5) is 0. The minimum Gasteiger partial charge on any atom is -0.168 e. The van der Waals surface area contributed by atoms with Crippen LogP contribution < -0.4 is 0 Å².